The summed E-state index contributed by atoms with van der Waals surface area (Å²) in [6.45, 7) is 15.4. The molecular formula is C10H7CrFO3. The molecular weight excluding hydrogens is 239 g/mol. The Morgan fingerprint density at radius 3 is 1.60 bits per heavy atom. The molecule has 0 heterocycles. The molecule has 0 radical (unpaired) electrons. The van der Waals surface area contributed by atoms with Crippen molar-refractivity contribution >= 4 is 0 Å². The van der Waals surface area contributed by atoms with E-state index in [9.17, 15) is 4.39 Å². The molecule has 0 saturated carbocycles. The fraction of sp³-hybridized carbons (Fsp3) is 0.100. The number of hydrogen-bond donors (Lipinski definition) is 0. The number of hydrogen-bond acceptors (Lipinski definition) is 0. The van der Waals surface area contributed by atoms with E-state index in [0.717, 1.165) is 5.56 Å². The van der Waals surface area contributed by atoms with Crippen LogP contribution in [-0.4, -0.2) is 0 Å². The van der Waals surface area contributed by atoms with Gasteiger partial charge < -0.3 is 0 Å². The second-order valence-electron chi connectivity index (χ2n) is 1.80. The predicted molar refractivity (Wildman–Crippen MR) is 42.9 cm³/mol. The summed E-state index contributed by atoms with van der Waals surface area (Å²) in [6, 6.07) is 6.50. The first kappa shape index (κ1) is 23.6. The maximum atomic E-state index is 12.2. The van der Waals surface area contributed by atoms with Crippen LogP contribution in [0.3, 0.4) is 0 Å². The van der Waals surface area contributed by atoms with E-state index in [4.69, 9.17) is 14.0 Å². The molecule has 1 aromatic rings. The Morgan fingerprint density at radius 1 is 1.00 bits per heavy atom. The molecule has 0 aliphatic carbocycles. The first-order valence-corrected chi connectivity index (χ1v) is 3.12. The van der Waals surface area contributed by atoms with E-state index in [2.05, 4.69) is 20.0 Å². The van der Waals surface area contributed by atoms with Gasteiger partial charge in [-0.3, -0.25) is 0 Å². The van der Waals surface area contributed by atoms with Crippen LogP contribution in [0.15, 0.2) is 24.3 Å². The van der Waals surface area contributed by atoms with Gasteiger partial charge in [0.2, 0.25) is 0 Å². The number of benzene rings is 1. The molecule has 1 rings (SSSR count). The molecule has 1 aromatic carbocycles. The first-order chi connectivity index (χ1) is 6.79. The second-order valence-corrected chi connectivity index (χ2v) is 1.80. The minimum absolute atomic E-state index is 0. The Balaban J connectivity index is -0.0000000755. The SMILES string of the molecule is Cc1cccc(F)c1.[C-]#[O+].[C-]#[O+].[C-]#[O+].[Cr]. The summed E-state index contributed by atoms with van der Waals surface area (Å²) in [7, 11) is 0. The van der Waals surface area contributed by atoms with Crippen molar-refractivity contribution in [2.45, 2.75) is 6.92 Å². The Morgan fingerprint density at radius 2 is 1.40 bits per heavy atom. The number of halogens is 1. The number of aryl methyl sites for hydroxylation is 1. The summed E-state index contributed by atoms with van der Waals surface area (Å²) in [5.41, 5.74) is 0.963. The summed E-state index contributed by atoms with van der Waals surface area (Å²) in [5, 5.41) is 0. The molecule has 0 amide bonds. The zero-order valence-corrected chi connectivity index (χ0v) is 9.10. The summed E-state index contributed by atoms with van der Waals surface area (Å²) < 4.78 is 34.7. The van der Waals surface area contributed by atoms with E-state index < -0.39 is 0 Å². The Hall–Kier alpha value is -1.10. The maximum Gasteiger partial charge on any atom is 0 e. The summed E-state index contributed by atoms with van der Waals surface area (Å²) in [4.78, 5) is 0. The molecule has 0 aliphatic rings. The molecule has 0 bridgehead atoms. The fourth-order valence-corrected chi connectivity index (χ4v) is 0.606. The van der Waals surface area contributed by atoms with Crippen molar-refractivity contribution in [1.29, 1.82) is 0 Å². The van der Waals surface area contributed by atoms with Crippen molar-refractivity contribution in [2.24, 2.45) is 0 Å². The Labute approximate surface area is 98.6 Å². The molecule has 0 aromatic heterocycles. The summed E-state index contributed by atoms with van der Waals surface area (Å²) in [5.74, 6) is -0.162. The van der Waals surface area contributed by atoms with Gasteiger partial charge in [-0.1, -0.05) is 12.1 Å². The van der Waals surface area contributed by atoms with E-state index in [1.807, 2.05) is 13.0 Å². The van der Waals surface area contributed by atoms with Crippen molar-refractivity contribution in [3.63, 3.8) is 0 Å². The van der Waals surface area contributed by atoms with Gasteiger partial charge in [0.1, 0.15) is 5.82 Å². The Kier molecular flexibility index (Phi) is 36.3. The van der Waals surface area contributed by atoms with Gasteiger partial charge in [0.25, 0.3) is 0 Å². The van der Waals surface area contributed by atoms with Crippen molar-refractivity contribution in [3.8, 4) is 0 Å². The van der Waals surface area contributed by atoms with Crippen LogP contribution >= 0.6 is 0 Å². The van der Waals surface area contributed by atoms with Crippen LogP contribution in [0.4, 0.5) is 4.39 Å². The monoisotopic (exact) mass is 246 g/mol. The average molecular weight is 246 g/mol. The quantitative estimate of drug-likeness (QED) is 0.496. The van der Waals surface area contributed by atoms with Crippen LogP contribution in [0.25, 0.3) is 0 Å². The molecule has 0 aliphatic heterocycles. The van der Waals surface area contributed by atoms with E-state index in [1.54, 1.807) is 6.07 Å². The zero-order chi connectivity index (χ0) is 12.0. The number of rotatable bonds is 0. The molecule has 78 valence electrons. The summed E-state index contributed by atoms with van der Waals surface area (Å²) in [6.07, 6.45) is 0. The van der Waals surface area contributed by atoms with Crippen LogP contribution in [0.5, 0.6) is 0 Å². The van der Waals surface area contributed by atoms with Crippen molar-refractivity contribution in [2.75, 3.05) is 0 Å². The smallest absolute Gasteiger partial charge is 0 e. The third-order valence-corrected chi connectivity index (χ3v) is 0.980. The van der Waals surface area contributed by atoms with Crippen molar-refractivity contribution < 1.29 is 35.7 Å². The molecule has 5 heteroatoms. The van der Waals surface area contributed by atoms with Gasteiger partial charge in [-0.25, -0.2) is 4.39 Å². The van der Waals surface area contributed by atoms with Gasteiger partial charge in [0.15, 0.2) is 0 Å². The van der Waals surface area contributed by atoms with E-state index in [1.165, 1.54) is 12.1 Å². The molecule has 0 unspecified atom stereocenters. The Bertz CT molecular complexity index is 263. The van der Waals surface area contributed by atoms with Gasteiger partial charge in [-0.05, 0) is 24.6 Å². The fourth-order valence-electron chi connectivity index (χ4n) is 0.606. The van der Waals surface area contributed by atoms with Crippen molar-refractivity contribution in [1.82, 2.24) is 0 Å². The van der Waals surface area contributed by atoms with Crippen molar-refractivity contribution in [3.05, 3.63) is 55.6 Å². The van der Waals surface area contributed by atoms with Gasteiger partial charge in [0, 0.05) is 17.4 Å². The third kappa shape index (κ3) is 19.4. The molecule has 0 atom stereocenters. The molecule has 0 N–H and O–H groups in total. The second kappa shape index (κ2) is 23.1. The molecule has 0 fully saturated rings. The van der Waals surface area contributed by atoms with E-state index in [-0.39, 0.29) is 23.2 Å². The van der Waals surface area contributed by atoms with Crippen LogP contribution in [0.2, 0.25) is 0 Å². The molecule has 3 nitrogen and oxygen atoms in total. The molecule has 0 saturated heterocycles. The minimum atomic E-state index is -0.162. The first-order valence-electron chi connectivity index (χ1n) is 3.12. The van der Waals surface area contributed by atoms with Crippen LogP contribution < -0.4 is 0 Å². The van der Waals surface area contributed by atoms with Crippen LogP contribution in [0, 0.1) is 32.7 Å². The van der Waals surface area contributed by atoms with Gasteiger partial charge in [-0.15, -0.1) is 0 Å². The normalized spacial score (nSPS) is 5.33. The van der Waals surface area contributed by atoms with E-state index in [0.29, 0.717) is 0 Å². The average Bonchev–Trinajstić information content (AvgIpc) is 2.26. The van der Waals surface area contributed by atoms with Crippen LogP contribution in [-0.2, 0) is 31.3 Å². The molecule has 15 heavy (non-hydrogen) atoms. The predicted octanol–water partition coefficient (Wildman–Crippen LogP) is 2.02. The third-order valence-electron chi connectivity index (χ3n) is 0.980. The van der Waals surface area contributed by atoms with Gasteiger partial charge >= 0.3 is 33.9 Å². The van der Waals surface area contributed by atoms with Gasteiger partial charge in [0.05, 0.1) is 0 Å². The molecule has 0 spiro atoms. The standard InChI is InChI=1S/C7H7F.3CO.Cr/c1-6-3-2-4-7(8)5-6;3*1-2;/h2-5H,1H3;;;;. The van der Waals surface area contributed by atoms with Crippen LogP contribution in [0.1, 0.15) is 5.56 Å². The summed E-state index contributed by atoms with van der Waals surface area (Å²) >= 11 is 0. The zero-order valence-electron chi connectivity index (χ0n) is 7.82. The van der Waals surface area contributed by atoms with Gasteiger partial charge in [-0.2, -0.15) is 0 Å². The largest absolute Gasteiger partial charge is 0 e. The topological polar surface area (TPSA) is 59.7 Å². The van der Waals surface area contributed by atoms with E-state index >= 15 is 0 Å². The minimum Gasteiger partial charge on any atom is 0 e. The maximum absolute atomic E-state index is 12.2.